The van der Waals surface area contributed by atoms with Gasteiger partial charge in [-0.15, -0.1) is 11.3 Å². The predicted octanol–water partition coefficient (Wildman–Crippen LogP) is 3.00. The van der Waals surface area contributed by atoms with E-state index in [0.717, 1.165) is 10.6 Å². The molecule has 0 aliphatic rings. The molecule has 1 amide bonds. The van der Waals surface area contributed by atoms with Gasteiger partial charge in [-0.1, -0.05) is 12.1 Å². The molecule has 1 aromatic carbocycles. The third-order valence-corrected chi connectivity index (χ3v) is 4.32. The molecule has 1 aromatic heterocycles. The lowest BCUT2D eigenvalue weighted by atomic mass is 10.1. The molecule has 0 atom stereocenters. The molecule has 0 aliphatic carbocycles. The van der Waals surface area contributed by atoms with E-state index in [1.807, 2.05) is 19.9 Å². The summed E-state index contributed by atoms with van der Waals surface area (Å²) in [6, 6.07) is 8.22. The first kappa shape index (κ1) is 18.2. The summed E-state index contributed by atoms with van der Waals surface area (Å²) in [7, 11) is 1.25. The number of carbonyl (C=O) groups excluding carboxylic acids is 2. The number of nitriles is 1. The zero-order valence-electron chi connectivity index (χ0n) is 13.9. The molecule has 0 spiro atoms. The van der Waals surface area contributed by atoms with Crippen molar-refractivity contribution in [1.82, 2.24) is 4.98 Å². The van der Waals surface area contributed by atoms with Crippen LogP contribution in [0.3, 0.4) is 0 Å². The minimum absolute atomic E-state index is 0.148. The summed E-state index contributed by atoms with van der Waals surface area (Å²) in [4.78, 5) is 29.3. The van der Waals surface area contributed by atoms with Gasteiger partial charge in [0.15, 0.2) is 5.13 Å². The van der Waals surface area contributed by atoms with Crippen LogP contribution in [0.25, 0.3) is 0 Å². The minimum atomic E-state index is -0.642. The lowest BCUT2D eigenvalue weighted by Crippen LogP contribution is -2.17. The molecule has 0 fully saturated rings. The Morgan fingerprint density at radius 2 is 2.04 bits per heavy atom. The smallest absolute Gasteiger partial charge is 0.339 e. The number of anilines is 2. The fraction of sp³-hybridized carbons (Fsp3) is 0.176. The van der Waals surface area contributed by atoms with Gasteiger partial charge in [-0.2, -0.15) is 5.26 Å². The first-order valence-corrected chi connectivity index (χ1v) is 8.07. The zero-order chi connectivity index (χ0) is 18.4. The lowest BCUT2D eigenvalue weighted by molar-refractivity contribution is -0.112. The third kappa shape index (κ3) is 4.43. The van der Waals surface area contributed by atoms with Crippen LogP contribution < -0.4 is 10.6 Å². The predicted molar refractivity (Wildman–Crippen MR) is 95.3 cm³/mol. The summed E-state index contributed by atoms with van der Waals surface area (Å²) >= 11 is 1.42. The Morgan fingerprint density at radius 1 is 1.32 bits per heavy atom. The second kappa shape index (κ2) is 8.08. The normalized spacial score (nSPS) is 10.7. The second-order valence-corrected chi connectivity index (χ2v) is 6.17. The number of aromatic nitrogens is 1. The highest BCUT2D eigenvalue weighted by Crippen LogP contribution is 2.21. The van der Waals surface area contributed by atoms with E-state index in [4.69, 9.17) is 0 Å². The monoisotopic (exact) mass is 356 g/mol. The van der Waals surface area contributed by atoms with Gasteiger partial charge in [0.2, 0.25) is 0 Å². The maximum atomic E-state index is 12.3. The number of amides is 1. The van der Waals surface area contributed by atoms with Crippen LogP contribution in [-0.4, -0.2) is 24.0 Å². The van der Waals surface area contributed by atoms with Crippen LogP contribution in [-0.2, 0) is 9.53 Å². The largest absolute Gasteiger partial charge is 0.465 e. The van der Waals surface area contributed by atoms with Gasteiger partial charge in [0.25, 0.3) is 5.91 Å². The summed E-state index contributed by atoms with van der Waals surface area (Å²) < 4.78 is 4.68. The van der Waals surface area contributed by atoms with Gasteiger partial charge in [0.1, 0.15) is 11.6 Å². The third-order valence-electron chi connectivity index (χ3n) is 3.31. The van der Waals surface area contributed by atoms with Gasteiger partial charge in [0.05, 0.1) is 24.1 Å². The van der Waals surface area contributed by atoms with Crippen LogP contribution in [0.1, 0.15) is 20.9 Å². The number of hydrogen-bond acceptors (Lipinski definition) is 7. The number of nitrogens with zero attached hydrogens (tertiary/aromatic N) is 2. The van der Waals surface area contributed by atoms with Gasteiger partial charge in [-0.3, -0.25) is 4.79 Å². The number of aryl methyl sites for hydroxylation is 2. The van der Waals surface area contributed by atoms with E-state index in [9.17, 15) is 14.9 Å². The molecule has 0 radical (unpaired) electrons. The SMILES string of the molecule is COC(=O)c1ccccc1NC(=O)/C(C#N)=C\Nc1nc(C)c(C)s1. The van der Waals surface area contributed by atoms with Crippen molar-refractivity contribution in [1.29, 1.82) is 5.26 Å². The highest BCUT2D eigenvalue weighted by molar-refractivity contribution is 7.15. The van der Waals surface area contributed by atoms with Crippen molar-refractivity contribution in [3.63, 3.8) is 0 Å². The second-order valence-electron chi connectivity index (χ2n) is 4.97. The summed E-state index contributed by atoms with van der Waals surface area (Å²) in [6.07, 6.45) is 1.29. The van der Waals surface area contributed by atoms with E-state index in [1.165, 1.54) is 30.7 Å². The van der Waals surface area contributed by atoms with Crippen molar-refractivity contribution in [3.8, 4) is 6.07 Å². The number of rotatable bonds is 5. The molecule has 8 heteroatoms. The Labute approximate surface area is 149 Å². The number of esters is 1. The number of benzene rings is 1. The molecule has 0 saturated heterocycles. The average molecular weight is 356 g/mol. The van der Waals surface area contributed by atoms with Crippen molar-refractivity contribution in [2.24, 2.45) is 0 Å². The topological polar surface area (TPSA) is 104 Å². The van der Waals surface area contributed by atoms with Crippen molar-refractivity contribution in [2.75, 3.05) is 17.7 Å². The Bertz CT molecular complexity index is 861. The van der Waals surface area contributed by atoms with Crippen LogP contribution in [0.15, 0.2) is 36.0 Å². The number of ether oxygens (including phenoxy) is 1. The summed E-state index contributed by atoms with van der Waals surface area (Å²) in [6.45, 7) is 3.81. The maximum Gasteiger partial charge on any atom is 0.339 e. The van der Waals surface area contributed by atoms with Crippen LogP contribution in [0.2, 0.25) is 0 Å². The first-order chi connectivity index (χ1) is 12.0. The molecule has 7 nitrogen and oxygen atoms in total. The molecule has 0 unspecified atom stereocenters. The Hall–Kier alpha value is -3.18. The average Bonchev–Trinajstić information content (AvgIpc) is 2.93. The summed E-state index contributed by atoms with van der Waals surface area (Å²) in [5.41, 5.74) is 1.21. The van der Waals surface area contributed by atoms with Crippen LogP contribution in [0.5, 0.6) is 0 Å². The number of carbonyl (C=O) groups is 2. The number of methoxy groups -OCH3 is 1. The van der Waals surface area contributed by atoms with Gasteiger partial charge in [0, 0.05) is 11.1 Å². The fourth-order valence-electron chi connectivity index (χ4n) is 1.89. The van der Waals surface area contributed by atoms with Gasteiger partial charge in [-0.25, -0.2) is 9.78 Å². The molecule has 2 aromatic rings. The molecule has 1 heterocycles. The van der Waals surface area contributed by atoms with Crippen molar-refractivity contribution < 1.29 is 14.3 Å². The molecule has 128 valence electrons. The van der Waals surface area contributed by atoms with Crippen LogP contribution in [0, 0.1) is 25.2 Å². The summed E-state index contributed by atoms with van der Waals surface area (Å²) in [5.74, 6) is -1.22. The van der Waals surface area contributed by atoms with E-state index in [1.54, 1.807) is 18.2 Å². The van der Waals surface area contributed by atoms with E-state index < -0.39 is 11.9 Å². The lowest BCUT2D eigenvalue weighted by Gasteiger charge is -2.09. The number of para-hydroxylation sites is 1. The first-order valence-electron chi connectivity index (χ1n) is 7.25. The number of nitrogens with one attached hydrogen (secondary N) is 2. The van der Waals surface area contributed by atoms with Gasteiger partial charge in [-0.05, 0) is 26.0 Å². The molecule has 0 bridgehead atoms. The van der Waals surface area contributed by atoms with E-state index in [0.29, 0.717) is 5.13 Å². The molecule has 25 heavy (non-hydrogen) atoms. The zero-order valence-corrected chi connectivity index (χ0v) is 14.7. The minimum Gasteiger partial charge on any atom is -0.465 e. The number of thiazole rings is 1. The van der Waals surface area contributed by atoms with Gasteiger partial charge >= 0.3 is 5.97 Å². The van der Waals surface area contributed by atoms with Gasteiger partial charge < -0.3 is 15.4 Å². The molecular weight excluding hydrogens is 340 g/mol. The van der Waals surface area contributed by atoms with E-state index >= 15 is 0 Å². The highest BCUT2D eigenvalue weighted by Gasteiger charge is 2.16. The Kier molecular flexibility index (Phi) is 5.87. The molecule has 0 aliphatic heterocycles. The van der Waals surface area contributed by atoms with Crippen molar-refractivity contribution in [3.05, 3.63) is 52.2 Å². The van der Waals surface area contributed by atoms with Crippen LogP contribution in [0.4, 0.5) is 10.8 Å². The maximum absolute atomic E-state index is 12.3. The molecular formula is C17H16N4O3S. The summed E-state index contributed by atoms with van der Waals surface area (Å²) in [5, 5.41) is 15.2. The standard InChI is InChI=1S/C17H16N4O3S/c1-10-11(2)25-17(20-10)19-9-12(8-18)15(22)21-14-7-5-4-6-13(14)16(23)24-3/h4-7,9H,1-3H3,(H,19,20)(H,21,22)/b12-9-. The Balaban J connectivity index is 2.17. The van der Waals surface area contributed by atoms with Crippen molar-refractivity contribution in [2.45, 2.75) is 13.8 Å². The highest BCUT2D eigenvalue weighted by atomic mass is 32.1. The van der Waals surface area contributed by atoms with Crippen molar-refractivity contribution >= 4 is 34.0 Å². The Morgan fingerprint density at radius 3 is 2.64 bits per heavy atom. The fourth-order valence-corrected chi connectivity index (χ4v) is 2.67. The quantitative estimate of drug-likeness (QED) is 0.485. The molecule has 2 rings (SSSR count). The van der Waals surface area contributed by atoms with E-state index in [2.05, 4.69) is 20.4 Å². The van der Waals surface area contributed by atoms with Crippen LogP contribution >= 0.6 is 11.3 Å². The van der Waals surface area contributed by atoms with E-state index in [-0.39, 0.29) is 16.8 Å². The molecule has 0 saturated carbocycles. The molecule has 2 N–H and O–H groups in total. The number of hydrogen-bond donors (Lipinski definition) is 2.